The molecule has 2 rings (SSSR count). The summed E-state index contributed by atoms with van der Waals surface area (Å²) >= 11 is 0. The SMILES string of the molecule is O=C(N[C@H](C(=O)NO)c1ccccc1)OCc1ccccc1. The molecule has 0 radical (unpaired) electrons. The standard InChI is InChI=1S/C16H16N2O4/c19-15(18-21)14(13-9-5-2-6-10-13)17-16(20)22-11-12-7-3-1-4-8-12/h1-10,14,21H,11H2,(H,17,20)(H,18,19)/t14-/m0/s1. The molecule has 0 unspecified atom stereocenters. The van der Waals surface area contributed by atoms with Crippen LogP contribution >= 0.6 is 0 Å². The Morgan fingerprint density at radius 3 is 2.18 bits per heavy atom. The van der Waals surface area contributed by atoms with Crippen LogP contribution in [0.15, 0.2) is 60.7 Å². The molecule has 0 saturated heterocycles. The van der Waals surface area contributed by atoms with Crippen molar-refractivity contribution in [2.24, 2.45) is 0 Å². The fourth-order valence-electron chi connectivity index (χ4n) is 1.89. The van der Waals surface area contributed by atoms with E-state index >= 15 is 0 Å². The van der Waals surface area contributed by atoms with E-state index in [2.05, 4.69) is 5.32 Å². The van der Waals surface area contributed by atoms with Gasteiger partial charge in [0.1, 0.15) is 12.6 Å². The number of hydrogen-bond acceptors (Lipinski definition) is 4. The Kier molecular flexibility index (Phi) is 5.50. The Morgan fingerprint density at radius 2 is 1.59 bits per heavy atom. The van der Waals surface area contributed by atoms with Crippen molar-refractivity contribution < 1.29 is 19.5 Å². The summed E-state index contributed by atoms with van der Waals surface area (Å²) in [5.41, 5.74) is 2.90. The van der Waals surface area contributed by atoms with Crippen LogP contribution in [0.1, 0.15) is 17.2 Å². The van der Waals surface area contributed by atoms with E-state index in [1.54, 1.807) is 30.3 Å². The average Bonchev–Trinajstić information content (AvgIpc) is 2.59. The van der Waals surface area contributed by atoms with Crippen molar-refractivity contribution in [2.45, 2.75) is 12.6 Å². The van der Waals surface area contributed by atoms with E-state index in [-0.39, 0.29) is 6.61 Å². The zero-order chi connectivity index (χ0) is 15.8. The lowest BCUT2D eigenvalue weighted by molar-refractivity contribution is -0.131. The van der Waals surface area contributed by atoms with E-state index in [4.69, 9.17) is 9.94 Å². The third-order valence-corrected chi connectivity index (χ3v) is 2.98. The Hall–Kier alpha value is -2.86. The average molecular weight is 300 g/mol. The third kappa shape index (κ3) is 4.32. The van der Waals surface area contributed by atoms with Crippen LogP contribution in [0.5, 0.6) is 0 Å². The van der Waals surface area contributed by atoms with Crippen LogP contribution in [-0.4, -0.2) is 17.2 Å². The van der Waals surface area contributed by atoms with Gasteiger partial charge in [0.25, 0.3) is 5.91 Å². The number of carbonyl (C=O) groups excluding carboxylic acids is 2. The molecule has 114 valence electrons. The monoisotopic (exact) mass is 300 g/mol. The van der Waals surface area contributed by atoms with E-state index in [9.17, 15) is 9.59 Å². The second-order valence-electron chi connectivity index (χ2n) is 4.53. The van der Waals surface area contributed by atoms with Crippen molar-refractivity contribution in [1.29, 1.82) is 0 Å². The zero-order valence-corrected chi connectivity index (χ0v) is 11.7. The maximum atomic E-state index is 11.8. The van der Waals surface area contributed by atoms with E-state index in [0.29, 0.717) is 5.56 Å². The van der Waals surface area contributed by atoms with E-state index in [0.717, 1.165) is 5.56 Å². The Morgan fingerprint density at radius 1 is 1.00 bits per heavy atom. The predicted octanol–water partition coefficient (Wildman–Crippen LogP) is 2.16. The lowest BCUT2D eigenvalue weighted by atomic mass is 10.1. The molecule has 0 aliphatic rings. The number of rotatable bonds is 5. The normalized spacial score (nSPS) is 11.3. The first-order valence-electron chi connectivity index (χ1n) is 6.67. The maximum absolute atomic E-state index is 11.8. The van der Waals surface area contributed by atoms with Gasteiger partial charge >= 0.3 is 6.09 Å². The second kappa shape index (κ2) is 7.80. The smallest absolute Gasteiger partial charge is 0.408 e. The van der Waals surface area contributed by atoms with Crippen molar-refractivity contribution in [3.8, 4) is 0 Å². The van der Waals surface area contributed by atoms with Gasteiger partial charge in [0.2, 0.25) is 0 Å². The molecule has 6 heteroatoms. The second-order valence-corrected chi connectivity index (χ2v) is 4.53. The summed E-state index contributed by atoms with van der Waals surface area (Å²) in [6.45, 7) is 0.0922. The van der Waals surface area contributed by atoms with Crippen LogP contribution in [0, 0.1) is 0 Å². The molecular formula is C16H16N2O4. The van der Waals surface area contributed by atoms with Gasteiger partial charge in [-0.3, -0.25) is 10.0 Å². The summed E-state index contributed by atoms with van der Waals surface area (Å²) in [7, 11) is 0. The summed E-state index contributed by atoms with van der Waals surface area (Å²) in [6.07, 6.45) is -0.749. The number of carbonyl (C=O) groups is 2. The Labute approximate surface area is 127 Å². The Balaban J connectivity index is 1.98. The van der Waals surface area contributed by atoms with Crippen LogP contribution in [0.25, 0.3) is 0 Å². The molecule has 3 N–H and O–H groups in total. The highest BCUT2D eigenvalue weighted by Gasteiger charge is 2.22. The lowest BCUT2D eigenvalue weighted by Crippen LogP contribution is -2.39. The van der Waals surface area contributed by atoms with Crippen molar-refractivity contribution in [3.05, 3.63) is 71.8 Å². The molecule has 2 aromatic carbocycles. The summed E-state index contributed by atoms with van der Waals surface area (Å²) < 4.78 is 5.06. The van der Waals surface area contributed by atoms with Gasteiger partial charge in [-0.15, -0.1) is 0 Å². The van der Waals surface area contributed by atoms with Crippen molar-refractivity contribution >= 4 is 12.0 Å². The molecule has 1 atom stereocenters. The van der Waals surface area contributed by atoms with Gasteiger partial charge in [-0.25, -0.2) is 10.3 Å². The molecule has 0 spiro atoms. The van der Waals surface area contributed by atoms with E-state index in [1.165, 1.54) is 5.48 Å². The van der Waals surface area contributed by atoms with Gasteiger partial charge in [0.05, 0.1) is 0 Å². The number of nitrogens with one attached hydrogen (secondary N) is 2. The third-order valence-electron chi connectivity index (χ3n) is 2.98. The lowest BCUT2D eigenvalue weighted by Gasteiger charge is -2.17. The fraction of sp³-hybridized carbons (Fsp3) is 0.125. The molecular weight excluding hydrogens is 284 g/mol. The zero-order valence-electron chi connectivity index (χ0n) is 11.7. The van der Waals surface area contributed by atoms with Crippen LogP contribution in [0.2, 0.25) is 0 Å². The van der Waals surface area contributed by atoms with Crippen LogP contribution < -0.4 is 10.8 Å². The summed E-state index contributed by atoms with van der Waals surface area (Å²) in [4.78, 5) is 23.5. The minimum absolute atomic E-state index is 0.0922. The number of hydroxylamine groups is 1. The van der Waals surface area contributed by atoms with Gasteiger partial charge < -0.3 is 10.1 Å². The number of ether oxygens (including phenoxy) is 1. The first-order valence-corrected chi connectivity index (χ1v) is 6.67. The van der Waals surface area contributed by atoms with E-state index in [1.807, 2.05) is 30.3 Å². The number of benzene rings is 2. The molecule has 0 aliphatic heterocycles. The molecule has 0 fully saturated rings. The largest absolute Gasteiger partial charge is 0.445 e. The highest BCUT2D eigenvalue weighted by Crippen LogP contribution is 2.13. The minimum atomic E-state index is -1.03. The van der Waals surface area contributed by atoms with Gasteiger partial charge in [-0.2, -0.15) is 0 Å². The molecule has 2 aromatic rings. The van der Waals surface area contributed by atoms with Crippen LogP contribution in [0.3, 0.4) is 0 Å². The van der Waals surface area contributed by atoms with Gasteiger partial charge in [-0.05, 0) is 11.1 Å². The first-order chi connectivity index (χ1) is 10.7. The molecule has 0 saturated carbocycles. The Bertz CT molecular complexity index is 617. The van der Waals surface area contributed by atoms with Crippen LogP contribution in [0.4, 0.5) is 4.79 Å². The number of hydrogen-bond donors (Lipinski definition) is 3. The maximum Gasteiger partial charge on any atom is 0.408 e. The molecule has 0 aliphatic carbocycles. The van der Waals surface area contributed by atoms with Gasteiger partial charge in [0, 0.05) is 0 Å². The molecule has 0 aromatic heterocycles. The summed E-state index contributed by atoms with van der Waals surface area (Å²) in [6, 6.07) is 16.7. The van der Waals surface area contributed by atoms with Crippen molar-refractivity contribution in [1.82, 2.24) is 10.8 Å². The van der Waals surface area contributed by atoms with Crippen molar-refractivity contribution in [3.63, 3.8) is 0 Å². The quantitative estimate of drug-likeness (QED) is 0.583. The first kappa shape index (κ1) is 15.5. The van der Waals surface area contributed by atoms with Gasteiger partial charge in [-0.1, -0.05) is 60.7 Å². The topological polar surface area (TPSA) is 87.7 Å². The highest BCUT2D eigenvalue weighted by molar-refractivity contribution is 5.86. The minimum Gasteiger partial charge on any atom is -0.445 e. The van der Waals surface area contributed by atoms with Crippen molar-refractivity contribution in [2.75, 3.05) is 0 Å². The van der Waals surface area contributed by atoms with E-state index < -0.39 is 18.0 Å². The summed E-state index contributed by atoms with van der Waals surface area (Å²) in [5, 5.41) is 11.2. The summed E-state index contributed by atoms with van der Waals surface area (Å²) in [5.74, 6) is -0.747. The highest BCUT2D eigenvalue weighted by atomic mass is 16.5. The number of amides is 2. The number of alkyl carbamates (subject to hydrolysis) is 1. The molecule has 22 heavy (non-hydrogen) atoms. The fourth-order valence-corrected chi connectivity index (χ4v) is 1.89. The van der Waals surface area contributed by atoms with Gasteiger partial charge in [0.15, 0.2) is 0 Å². The molecule has 6 nitrogen and oxygen atoms in total. The molecule has 2 amide bonds. The molecule has 0 bridgehead atoms. The predicted molar refractivity (Wildman–Crippen MR) is 78.9 cm³/mol. The molecule has 0 heterocycles. The van der Waals surface area contributed by atoms with Crippen LogP contribution in [-0.2, 0) is 16.1 Å².